The van der Waals surface area contributed by atoms with Crippen molar-refractivity contribution < 1.29 is 104 Å². The normalized spacial score (nSPS) is 17.2. The summed E-state index contributed by atoms with van der Waals surface area (Å²) >= 11 is 3.51. The first-order chi connectivity index (χ1) is 54.2. The molecule has 6 heterocycles. The minimum absolute atomic E-state index is 0. The molecule has 3 aliphatic rings. The molecule has 116 heavy (non-hydrogen) atoms. The van der Waals surface area contributed by atoms with Crippen LogP contribution in [0.1, 0.15) is 102 Å². The number of alkyl halides is 3. The number of amides is 5. The van der Waals surface area contributed by atoms with Crippen LogP contribution in [0.25, 0.3) is 32.7 Å². The molecule has 0 aliphatic carbocycles. The Hall–Kier alpha value is -9.04. The number of aliphatic carboxylic acids is 1. The van der Waals surface area contributed by atoms with Gasteiger partial charge in [-0.1, -0.05) is 111 Å². The van der Waals surface area contributed by atoms with Crippen molar-refractivity contribution >= 4 is 159 Å². The second-order valence-electron chi connectivity index (χ2n) is 28.4. The molecule has 0 spiro atoms. The number of carbonyl (C=O) groups excluding carboxylic acids is 8. The van der Waals surface area contributed by atoms with E-state index in [9.17, 15) is 79.8 Å². The molecule has 3 aromatic heterocycles. The van der Waals surface area contributed by atoms with Crippen LogP contribution in [0.5, 0.6) is 0 Å². The van der Waals surface area contributed by atoms with Crippen LogP contribution in [0.15, 0.2) is 164 Å². The second kappa shape index (κ2) is 41.9. The summed E-state index contributed by atoms with van der Waals surface area (Å²) in [4.78, 5) is 150. The number of hydrogen-bond acceptors (Lipinski definition) is 15. The molecule has 0 unspecified atom stereocenters. The quantitative estimate of drug-likeness (QED) is 0.0111. The number of nitrogens with one attached hydrogen (secondary N) is 4. The Morgan fingerprint density at radius 2 is 0.810 bits per heavy atom. The number of rotatable bonds is 25. The zero-order valence-electron chi connectivity index (χ0n) is 64.9. The van der Waals surface area contributed by atoms with Crippen molar-refractivity contribution in [1.29, 1.82) is 0 Å². The van der Waals surface area contributed by atoms with E-state index >= 15 is 0 Å². The van der Waals surface area contributed by atoms with E-state index in [4.69, 9.17) is 23.9 Å². The van der Waals surface area contributed by atoms with Crippen molar-refractivity contribution in [3.8, 4) is 0 Å². The standard InChI is InChI=1S/C28H33FN3O6P.C24H25FN3O6P.C12H15FN2O.C12H12NO6P.C3H9BrSi.ClH/c1-4-37-39(36,38-5-2)22-11-12-25-23(14-22)24(19(3)33)17-31(25)18-27(34)32-16-21(29)13-26(32)28(35)30-15-20-9-7-6-8-10-20;1-15(29)20-13-27(21-8-7-18(10-19(20)21)35(32,33)34)14-23(30)28-12-17(25)9-22(28)24(31)26-11-16-5-3-2-4-6-16;13-10-6-11(14-8-10)12(16)15-7-9-4-2-1-3-5-9;1-7(14)10-5-13(6-12(15)16)11-3-2-8(4-9(10)11)20(17,18)19;1-5(2,3)4;/h6-12,14,17,21,26H,4-5,13,15-16,18H2,1-3H3,(H,30,35);2-8,10,13,17,22H,9,11-12,14H2,1H3,(H,26,31)(H2,32,33,34);1-5,10-11,14H,6-8H2,(H,15,16);2-5H,6H2,1H3,(H,15,16)(H2,17,18,19);1-3H3;1H/t21-,26+;17-,22+;10-,11+;;;/m111.../s1. The highest BCUT2D eigenvalue weighted by Gasteiger charge is 2.42. The number of fused-ring (bicyclic) bond motifs is 3. The van der Waals surface area contributed by atoms with Crippen molar-refractivity contribution in [3.63, 3.8) is 0 Å². The summed E-state index contributed by atoms with van der Waals surface area (Å²) < 4.78 is 93.1. The molecule has 3 saturated heterocycles. The van der Waals surface area contributed by atoms with Gasteiger partial charge in [-0.05, 0) is 106 Å². The Kier molecular flexibility index (Phi) is 34.0. The van der Waals surface area contributed by atoms with Crippen LogP contribution >= 0.6 is 50.5 Å². The van der Waals surface area contributed by atoms with Crippen molar-refractivity contribution in [2.24, 2.45) is 0 Å². The molecular formula is C79H95BrClF3N9O19P3Si. The molecule has 9 N–H and O–H groups in total. The lowest BCUT2D eigenvalue weighted by Gasteiger charge is -2.24. The van der Waals surface area contributed by atoms with Crippen molar-refractivity contribution in [2.45, 2.75) is 149 Å². The Morgan fingerprint density at radius 1 is 0.491 bits per heavy atom. The van der Waals surface area contributed by atoms with Crippen molar-refractivity contribution in [1.82, 2.24) is 44.8 Å². The number of hydrogen-bond donors (Lipinski definition) is 9. The highest BCUT2D eigenvalue weighted by Crippen LogP contribution is 2.48. The minimum atomic E-state index is -4.55. The van der Waals surface area contributed by atoms with Crippen LogP contribution < -0.4 is 37.2 Å². The molecule has 28 nitrogen and oxygen atoms in total. The molecule has 37 heteroatoms. The van der Waals surface area contributed by atoms with E-state index in [-0.39, 0.29) is 148 Å². The average molecular weight is 1770 g/mol. The van der Waals surface area contributed by atoms with Gasteiger partial charge in [0.1, 0.15) is 56.9 Å². The number of Topliss-reactive ketones (excluding diaryl/α,β-unsaturated/α-hetero) is 3. The van der Waals surface area contributed by atoms with Gasteiger partial charge in [-0.15, -0.1) is 27.7 Å². The zero-order valence-corrected chi connectivity index (χ0v) is 71.0. The summed E-state index contributed by atoms with van der Waals surface area (Å²) in [5.41, 5.74) is 4.99. The SMILES string of the molecule is CC(=O)c1cn(CC(=O)N2C[C@H](F)C[C@H]2C(=O)NCc2ccccc2)c2ccc(P(=O)(O)O)cc12.CC(=O)c1cn(CC(=O)O)c2ccc(P(=O)(O)O)cc12.CCOP(=O)(OCC)c1ccc2c(c1)c(C(C)=O)cn2CC(=O)N1C[C@H](F)C[C@H]1C(=O)NCc1ccccc1.C[Si](C)(C)Br.Cl.O=C(NCc1ccccc1)[C@@H]1C[C@@H](F)CN1. The van der Waals surface area contributed by atoms with Gasteiger partial charge in [0, 0.05) is 113 Å². The maximum atomic E-state index is 14.4. The highest BCUT2D eigenvalue weighted by molar-refractivity contribution is 9.26. The molecule has 6 atom stereocenters. The van der Waals surface area contributed by atoms with Gasteiger partial charge >= 0.3 is 28.8 Å². The minimum Gasteiger partial charge on any atom is -0.480 e. The number of carbonyl (C=O) groups is 9. The Labute approximate surface area is 683 Å². The number of carboxylic acids is 1. The van der Waals surface area contributed by atoms with Gasteiger partial charge in [-0.25, -0.2) is 13.2 Å². The number of aromatic nitrogens is 3. The monoisotopic (exact) mass is 1770 g/mol. The molecular weight excluding hydrogens is 1670 g/mol. The molecule has 6 aromatic carbocycles. The number of likely N-dealkylation sites (tertiary alicyclic amines) is 2. The Balaban J connectivity index is 0.000000220. The van der Waals surface area contributed by atoms with E-state index in [1.165, 1.54) is 88.5 Å². The van der Waals surface area contributed by atoms with E-state index in [0.29, 0.717) is 50.1 Å². The summed E-state index contributed by atoms with van der Waals surface area (Å²) in [6, 6.07) is 38.5. The summed E-state index contributed by atoms with van der Waals surface area (Å²) in [5, 5.41) is 21.0. The maximum Gasteiger partial charge on any atom is 0.361 e. The Bertz CT molecular complexity index is 5150. The van der Waals surface area contributed by atoms with Gasteiger partial charge in [-0.3, -0.25) is 56.8 Å². The smallest absolute Gasteiger partial charge is 0.361 e. The molecule has 5 amide bonds. The number of ketones is 3. The molecule has 12 rings (SSSR count). The molecule has 3 fully saturated rings. The topological polar surface area (TPSA) is 394 Å². The fourth-order valence-electron chi connectivity index (χ4n) is 13.0. The number of halogens is 5. The van der Waals surface area contributed by atoms with Gasteiger partial charge in [0.15, 0.2) is 17.3 Å². The van der Waals surface area contributed by atoms with Crippen LogP contribution in [0.2, 0.25) is 19.6 Å². The maximum absolute atomic E-state index is 14.4. The summed E-state index contributed by atoms with van der Waals surface area (Å²) in [7, 11) is -12.6. The number of carboxylic acid groups (broad SMARTS) is 1. The van der Waals surface area contributed by atoms with E-state index in [2.05, 4.69) is 56.2 Å². The largest absolute Gasteiger partial charge is 0.480 e. The highest BCUT2D eigenvalue weighted by atomic mass is 79.9. The summed E-state index contributed by atoms with van der Waals surface area (Å²) in [5.74, 6) is -3.89. The van der Waals surface area contributed by atoms with Crippen LogP contribution in [-0.4, -0.2) is 177 Å². The van der Waals surface area contributed by atoms with Gasteiger partial charge in [0.05, 0.1) is 48.3 Å². The van der Waals surface area contributed by atoms with Crippen LogP contribution in [0, 0.1) is 0 Å². The lowest BCUT2D eigenvalue weighted by molar-refractivity contribution is -0.139. The fourth-order valence-corrected chi connectivity index (χ4v) is 15.7. The third-order valence-electron chi connectivity index (χ3n) is 18.3. The zero-order chi connectivity index (χ0) is 84.4. The second-order valence-corrected chi connectivity index (χ2v) is 44.9. The lowest BCUT2D eigenvalue weighted by Crippen LogP contribution is -2.46. The summed E-state index contributed by atoms with van der Waals surface area (Å²) in [6.45, 7) is 13.8. The van der Waals surface area contributed by atoms with Crippen molar-refractivity contribution in [2.75, 3.05) is 32.8 Å². The first kappa shape index (κ1) is 94.1. The van der Waals surface area contributed by atoms with E-state index in [1.807, 2.05) is 91.0 Å². The first-order valence-electron chi connectivity index (χ1n) is 36.7. The third-order valence-corrected chi connectivity index (χ3v) is 22.3. The predicted octanol–water partition coefficient (Wildman–Crippen LogP) is 10.3. The number of nitrogens with zero attached hydrogens (tertiary/aromatic N) is 5. The molecule has 624 valence electrons. The first-order valence-corrected chi connectivity index (χ1v) is 47.2. The van der Waals surface area contributed by atoms with Crippen molar-refractivity contribution in [3.05, 3.63) is 198 Å². The molecule has 0 saturated carbocycles. The van der Waals surface area contributed by atoms with Gasteiger partial charge < -0.3 is 78.5 Å². The van der Waals surface area contributed by atoms with Gasteiger partial charge in [0.2, 0.25) is 29.5 Å². The molecule has 9 aromatic rings. The van der Waals surface area contributed by atoms with E-state index in [1.54, 1.807) is 42.8 Å². The van der Waals surface area contributed by atoms with E-state index in [0.717, 1.165) is 16.7 Å². The third kappa shape index (κ3) is 26.2. The number of benzene rings is 6. The molecule has 3 aliphatic heterocycles. The predicted molar refractivity (Wildman–Crippen MR) is 443 cm³/mol. The van der Waals surface area contributed by atoms with Gasteiger partial charge in [-0.2, -0.15) is 0 Å². The van der Waals surface area contributed by atoms with Gasteiger partial charge in [0.25, 0.3) is 0 Å². The summed E-state index contributed by atoms with van der Waals surface area (Å²) in [6.07, 6.45) is 0.902. The average Bonchev–Trinajstić information content (AvgIpc) is 1.60. The van der Waals surface area contributed by atoms with Crippen LogP contribution in [-0.2, 0) is 90.8 Å². The van der Waals surface area contributed by atoms with Crippen LogP contribution in [0.4, 0.5) is 13.2 Å². The fraction of sp³-hybridized carbons (Fsp3) is 0.354. The van der Waals surface area contributed by atoms with E-state index < -0.39 is 89.7 Å². The lowest BCUT2D eigenvalue weighted by atomic mass is 10.1. The Morgan fingerprint density at radius 3 is 1.11 bits per heavy atom. The molecule has 0 radical (unpaired) electrons. The van der Waals surface area contributed by atoms with Crippen LogP contribution in [0.3, 0.4) is 0 Å². The molecule has 0 bridgehead atoms.